The first-order valence-electron chi connectivity index (χ1n) is 6.07. The van der Waals surface area contributed by atoms with Gasteiger partial charge in [0.25, 0.3) is 20.1 Å². The lowest BCUT2D eigenvalue weighted by molar-refractivity contribution is 0.311. The molecule has 10 heteroatoms. The summed E-state index contributed by atoms with van der Waals surface area (Å²) in [6.07, 6.45) is 1.46. The standard InChI is InChI=1S/C11H14N2O5S3/c1-2-3-6-18-21(16,17)8-4-5-9-10(7-8)19-11(13-9)20(12,14)15/h4-5,7H,2-3,6H2,1H3,(H2,12,14,15). The van der Waals surface area contributed by atoms with Crippen LogP contribution in [0.3, 0.4) is 0 Å². The molecule has 0 saturated carbocycles. The predicted octanol–water partition coefficient (Wildman–Crippen LogP) is 1.45. The van der Waals surface area contributed by atoms with Crippen molar-refractivity contribution in [2.75, 3.05) is 6.61 Å². The van der Waals surface area contributed by atoms with Gasteiger partial charge in [0.1, 0.15) is 0 Å². The van der Waals surface area contributed by atoms with Crippen LogP contribution in [0.15, 0.2) is 27.4 Å². The van der Waals surface area contributed by atoms with Gasteiger partial charge in [-0.2, -0.15) is 8.42 Å². The fourth-order valence-electron chi connectivity index (χ4n) is 1.54. The molecule has 0 aliphatic rings. The molecule has 116 valence electrons. The zero-order valence-corrected chi connectivity index (χ0v) is 13.6. The van der Waals surface area contributed by atoms with E-state index in [4.69, 9.17) is 9.32 Å². The molecule has 0 unspecified atom stereocenters. The summed E-state index contributed by atoms with van der Waals surface area (Å²) < 4.78 is 51.5. The molecule has 7 nitrogen and oxygen atoms in total. The van der Waals surface area contributed by atoms with Crippen LogP contribution in [0.2, 0.25) is 0 Å². The molecule has 0 spiro atoms. The summed E-state index contributed by atoms with van der Waals surface area (Å²) in [7, 11) is -7.76. The highest BCUT2D eigenvalue weighted by atomic mass is 32.2. The van der Waals surface area contributed by atoms with Crippen LogP contribution in [0, 0.1) is 0 Å². The van der Waals surface area contributed by atoms with Crippen LogP contribution in [0.4, 0.5) is 0 Å². The van der Waals surface area contributed by atoms with E-state index in [2.05, 4.69) is 4.98 Å². The van der Waals surface area contributed by atoms with Crippen LogP contribution in [0.1, 0.15) is 19.8 Å². The molecule has 0 saturated heterocycles. The first-order valence-corrected chi connectivity index (χ1v) is 9.84. The summed E-state index contributed by atoms with van der Waals surface area (Å²) in [6.45, 7) is 2.04. The zero-order chi connectivity index (χ0) is 15.7. The Morgan fingerprint density at radius 1 is 1.29 bits per heavy atom. The predicted molar refractivity (Wildman–Crippen MR) is 79.0 cm³/mol. The summed E-state index contributed by atoms with van der Waals surface area (Å²) in [5.74, 6) is 0. The second kappa shape index (κ2) is 5.97. The van der Waals surface area contributed by atoms with Crippen molar-refractivity contribution in [1.82, 2.24) is 4.98 Å². The topological polar surface area (TPSA) is 116 Å². The highest BCUT2D eigenvalue weighted by Crippen LogP contribution is 2.27. The van der Waals surface area contributed by atoms with Crippen LogP contribution in [-0.2, 0) is 24.3 Å². The van der Waals surface area contributed by atoms with E-state index in [9.17, 15) is 16.8 Å². The van der Waals surface area contributed by atoms with Gasteiger partial charge in [0.05, 0.1) is 21.7 Å². The number of nitrogens with zero attached hydrogens (tertiary/aromatic N) is 1. The smallest absolute Gasteiger partial charge is 0.266 e. The normalized spacial score (nSPS) is 12.9. The fourth-order valence-corrected chi connectivity index (χ4v) is 4.28. The number of nitrogens with two attached hydrogens (primary N) is 1. The van der Waals surface area contributed by atoms with E-state index in [1.165, 1.54) is 18.2 Å². The lowest BCUT2D eigenvalue weighted by Gasteiger charge is -2.04. The first kappa shape index (κ1) is 16.3. The third-order valence-corrected chi connectivity index (χ3v) is 6.25. The quantitative estimate of drug-likeness (QED) is 0.622. The van der Waals surface area contributed by atoms with E-state index in [-0.39, 0.29) is 15.8 Å². The minimum absolute atomic E-state index is 0.0317. The molecular weight excluding hydrogens is 336 g/mol. The number of sulfonamides is 1. The number of unbranched alkanes of at least 4 members (excludes halogenated alkanes) is 1. The Morgan fingerprint density at radius 2 is 2.00 bits per heavy atom. The van der Waals surface area contributed by atoms with Gasteiger partial charge in [0, 0.05) is 0 Å². The molecule has 1 aromatic carbocycles. The van der Waals surface area contributed by atoms with Crippen molar-refractivity contribution in [2.24, 2.45) is 5.14 Å². The number of hydrogen-bond donors (Lipinski definition) is 1. The van der Waals surface area contributed by atoms with Crippen LogP contribution in [0.5, 0.6) is 0 Å². The summed E-state index contributed by atoms with van der Waals surface area (Å²) >= 11 is 0.819. The number of rotatable bonds is 6. The molecule has 0 amide bonds. The maximum absolute atomic E-state index is 12.0. The minimum Gasteiger partial charge on any atom is -0.266 e. The summed E-state index contributed by atoms with van der Waals surface area (Å²) in [5, 5.41) is 5.00. The summed E-state index contributed by atoms with van der Waals surface area (Å²) in [6, 6.07) is 4.09. The minimum atomic E-state index is -3.90. The molecule has 2 rings (SSSR count). The molecule has 0 fully saturated rings. The van der Waals surface area contributed by atoms with E-state index in [1.54, 1.807) is 0 Å². The molecule has 0 bridgehead atoms. The van der Waals surface area contributed by atoms with Gasteiger partial charge in [-0.3, -0.25) is 4.18 Å². The van der Waals surface area contributed by atoms with Gasteiger partial charge in [-0.05, 0) is 24.6 Å². The Kier molecular flexibility index (Phi) is 4.63. The Labute approximate surface area is 126 Å². The molecule has 0 aliphatic carbocycles. The van der Waals surface area contributed by atoms with Crippen LogP contribution >= 0.6 is 11.3 Å². The van der Waals surface area contributed by atoms with Gasteiger partial charge in [-0.15, -0.1) is 11.3 Å². The molecule has 2 aromatic rings. The maximum atomic E-state index is 12.0. The molecule has 1 aromatic heterocycles. The van der Waals surface area contributed by atoms with Crippen molar-refractivity contribution >= 4 is 41.7 Å². The average molecular weight is 350 g/mol. The van der Waals surface area contributed by atoms with Gasteiger partial charge in [0.2, 0.25) is 4.34 Å². The van der Waals surface area contributed by atoms with Crippen molar-refractivity contribution in [2.45, 2.75) is 29.0 Å². The zero-order valence-electron chi connectivity index (χ0n) is 11.1. The second-order valence-electron chi connectivity index (χ2n) is 4.28. The van der Waals surface area contributed by atoms with E-state index in [1.807, 2.05) is 6.92 Å². The Bertz CT molecular complexity index is 855. The lowest BCUT2D eigenvalue weighted by Crippen LogP contribution is -2.11. The molecule has 0 atom stereocenters. The van der Waals surface area contributed by atoms with E-state index in [0.29, 0.717) is 16.6 Å². The van der Waals surface area contributed by atoms with Gasteiger partial charge < -0.3 is 0 Å². The van der Waals surface area contributed by atoms with Crippen molar-refractivity contribution in [1.29, 1.82) is 0 Å². The van der Waals surface area contributed by atoms with Crippen LogP contribution in [-0.4, -0.2) is 28.4 Å². The molecule has 1 heterocycles. The summed E-state index contributed by atoms with van der Waals surface area (Å²) in [4.78, 5) is 3.82. The number of hydrogen-bond acceptors (Lipinski definition) is 7. The molecule has 21 heavy (non-hydrogen) atoms. The number of fused-ring (bicyclic) bond motifs is 1. The Balaban J connectivity index is 2.39. The van der Waals surface area contributed by atoms with Crippen molar-refractivity contribution in [3.63, 3.8) is 0 Å². The molecule has 2 N–H and O–H groups in total. The number of thiazole rings is 1. The Hall–Kier alpha value is -1.07. The largest absolute Gasteiger partial charge is 0.297 e. The molecule has 0 aliphatic heterocycles. The van der Waals surface area contributed by atoms with Gasteiger partial charge in [-0.25, -0.2) is 18.5 Å². The third-order valence-electron chi connectivity index (χ3n) is 2.61. The van der Waals surface area contributed by atoms with Crippen molar-refractivity contribution in [3.8, 4) is 0 Å². The lowest BCUT2D eigenvalue weighted by atomic mass is 10.3. The summed E-state index contributed by atoms with van der Waals surface area (Å²) in [5.41, 5.74) is 0.372. The highest BCUT2D eigenvalue weighted by molar-refractivity contribution is 7.91. The second-order valence-corrected chi connectivity index (χ2v) is 8.67. The van der Waals surface area contributed by atoms with Crippen LogP contribution < -0.4 is 5.14 Å². The fraction of sp³-hybridized carbons (Fsp3) is 0.364. The van der Waals surface area contributed by atoms with Crippen molar-refractivity contribution < 1.29 is 21.0 Å². The number of aromatic nitrogens is 1. The third kappa shape index (κ3) is 3.77. The van der Waals surface area contributed by atoms with E-state index >= 15 is 0 Å². The van der Waals surface area contributed by atoms with Gasteiger partial charge in [0.15, 0.2) is 0 Å². The van der Waals surface area contributed by atoms with E-state index in [0.717, 1.165) is 17.8 Å². The van der Waals surface area contributed by atoms with Crippen LogP contribution in [0.25, 0.3) is 10.2 Å². The first-order chi connectivity index (χ1) is 9.74. The monoisotopic (exact) mass is 350 g/mol. The highest BCUT2D eigenvalue weighted by Gasteiger charge is 2.19. The van der Waals surface area contributed by atoms with E-state index < -0.39 is 20.1 Å². The molecule has 0 radical (unpaired) electrons. The molecular formula is C11H14N2O5S3. The number of benzene rings is 1. The average Bonchev–Trinajstić information content (AvgIpc) is 2.81. The van der Waals surface area contributed by atoms with Crippen molar-refractivity contribution in [3.05, 3.63) is 18.2 Å². The maximum Gasteiger partial charge on any atom is 0.297 e. The van der Waals surface area contributed by atoms with Gasteiger partial charge >= 0.3 is 0 Å². The number of primary sulfonamides is 1. The van der Waals surface area contributed by atoms with Gasteiger partial charge in [-0.1, -0.05) is 13.3 Å². The SMILES string of the molecule is CCCCOS(=O)(=O)c1ccc2nc(S(N)(=O)=O)sc2c1. The Morgan fingerprint density at radius 3 is 2.62 bits per heavy atom.